The summed E-state index contributed by atoms with van der Waals surface area (Å²) >= 11 is 0. The zero-order valence-corrected chi connectivity index (χ0v) is 7.27. The van der Waals surface area contributed by atoms with E-state index in [2.05, 4.69) is 15.4 Å². The smallest absolute Gasteiger partial charge is 0.407 e. The third-order valence-corrected chi connectivity index (χ3v) is 1.87. The van der Waals surface area contributed by atoms with Gasteiger partial charge >= 0.3 is 6.09 Å². The van der Waals surface area contributed by atoms with Gasteiger partial charge in [-0.15, -0.1) is 0 Å². The van der Waals surface area contributed by atoms with Crippen LogP contribution in [0.4, 0.5) is 13.6 Å². The van der Waals surface area contributed by atoms with Crippen molar-refractivity contribution in [1.29, 1.82) is 0 Å². The van der Waals surface area contributed by atoms with Crippen molar-refractivity contribution in [2.24, 2.45) is 0 Å². The van der Waals surface area contributed by atoms with Crippen molar-refractivity contribution in [2.45, 2.75) is 18.4 Å². The third-order valence-electron chi connectivity index (χ3n) is 1.87. The number of halogens is 2. The number of piperidine rings is 1. The molecule has 13 heavy (non-hydrogen) atoms. The highest BCUT2D eigenvalue weighted by atomic mass is 19.3. The Morgan fingerprint density at radius 2 is 2.38 bits per heavy atom. The molecule has 0 bridgehead atoms. The van der Waals surface area contributed by atoms with Gasteiger partial charge < -0.3 is 15.4 Å². The summed E-state index contributed by atoms with van der Waals surface area (Å²) in [5.41, 5.74) is 0. The number of ether oxygens (including phenoxy) is 1. The molecule has 2 N–H and O–H groups in total. The molecule has 1 amide bonds. The number of carbonyl (C=O) groups is 1. The first-order valence-electron chi connectivity index (χ1n) is 4.03. The molecule has 4 nitrogen and oxygen atoms in total. The van der Waals surface area contributed by atoms with E-state index < -0.39 is 24.7 Å². The van der Waals surface area contributed by atoms with Crippen molar-refractivity contribution in [2.75, 3.05) is 20.1 Å². The molecule has 1 saturated heterocycles. The second-order valence-electron chi connectivity index (χ2n) is 2.87. The fourth-order valence-corrected chi connectivity index (χ4v) is 1.15. The van der Waals surface area contributed by atoms with Crippen LogP contribution in [0.25, 0.3) is 0 Å². The predicted molar refractivity (Wildman–Crippen MR) is 41.8 cm³/mol. The van der Waals surface area contributed by atoms with Gasteiger partial charge in [0.25, 0.3) is 5.92 Å². The lowest BCUT2D eigenvalue weighted by atomic mass is 10.1. The Hall–Kier alpha value is -0.910. The maximum Gasteiger partial charge on any atom is 0.407 e. The molecule has 1 rings (SSSR count). The van der Waals surface area contributed by atoms with Gasteiger partial charge in [-0.1, -0.05) is 0 Å². The molecule has 6 heteroatoms. The number of alkyl halides is 2. The van der Waals surface area contributed by atoms with Crippen LogP contribution in [0, 0.1) is 0 Å². The van der Waals surface area contributed by atoms with Gasteiger partial charge in [0.15, 0.2) is 6.10 Å². The fraction of sp³-hybridized carbons (Fsp3) is 0.857. The van der Waals surface area contributed by atoms with Gasteiger partial charge in [0.2, 0.25) is 0 Å². The summed E-state index contributed by atoms with van der Waals surface area (Å²) in [5.74, 6) is -2.97. The summed E-state index contributed by atoms with van der Waals surface area (Å²) in [6, 6.07) is 0. The topological polar surface area (TPSA) is 50.4 Å². The number of hydrogen-bond acceptors (Lipinski definition) is 3. The van der Waals surface area contributed by atoms with Gasteiger partial charge in [-0.2, -0.15) is 0 Å². The maximum atomic E-state index is 13.0. The van der Waals surface area contributed by atoms with Crippen LogP contribution in [0.3, 0.4) is 0 Å². The largest absolute Gasteiger partial charge is 0.440 e. The van der Waals surface area contributed by atoms with Crippen molar-refractivity contribution in [3.63, 3.8) is 0 Å². The molecule has 0 aliphatic carbocycles. The molecule has 1 unspecified atom stereocenters. The Labute approximate surface area is 74.6 Å². The summed E-state index contributed by atoms with van der Waals surface area (Å²) < 4.78 is 30.5. The second kappa shape index (κ2) is 3.87. The van der Waals surface area contributed by atoms with E-state index in [1.807, 2.05) is 0 Å². The zero-order chi connectivity index (χ0) is 9.90. The van der Waals surface area contributed by atoms with E-state index in [-0.39, 0.29) is 6.42 Å². The van der Waals surface area contributed by atoms with Gasteiger partial charge in [0, 0.05) is 13.5 Å². The number of carbonyl (C=O) groups excluding carboxylic acids is 1. The lowest BCUT2D eigenvalue weighted by Crippen LogP contribution is -2.51. The van der Waals surface area contributed by atoms with Crippen LogP contribution >= 0.6 is 0 Å². The molecule has 0 aromatic heterocycles. The Morgan fingerprint density at radius 3 is 2.92 bits per heavy atom. The zero-order valence-electron chi connectivity index (χ0n) is 7.27. The minimum atomic E-state index is -2.97. The van der Waals surface area contributed by atoms with E-state index in [0.29, 0.717) is 6.54 Å². The molecular weight excluding hydrogens is 182 g/mol. The van der Waals surface area contributed by atoms with E-state index >= 15 is 0 Å². The van der Waals surface area contributed by atoms with Crippen molar-refractivity contribution in [3.05, 3.63) is 0 Å². The summed E-state index contributed by atoms with van der Waals surface area (Å²) in [6.45, 7) is 0.00586. The summed E-state index contributed by atoms with van der Waals surface area (Å²) in [5, 5.41) is 4.67. The van der Waals surface area contributed by atoms with Crippen molar-refractivity contribution in [3.8, 4) is 0 Å². The van der Waals surface area contributed by atoms with Gasteiger partial charge in [-0.25, -0.2) is 13.6 Å². The molecule has 1 atom stereocenters. The molecular formula is C7H12F2N2O2. The standard InChI is InChI=1S/C7H12F2N2O2/c1-10-6(12)13-5-2-3-11-4-7(5,8)9/h5,11H,2-4H2,1H3,(H,10,12). The van der Waals surface area contributed by atoms with Crippen molar-refractivity contribution >= 4 is 6.09 Å². The van der Waals surface area contributed by atoms with Crippen LogP contribution in [0.2, 0.25) is 0 Å². The summed E-state index contributed by atoms with van der Waals surface area (Å²) in [7, 11) is 1.33. The van der Waals surface area contributed by atoms with E-state index in [0.717, 1.165) is 0 Å². The van der Waals surface area contributed by atoms with Gasteiger partial charge in [-0.05, 0) is 6.54 Å². The van der Waals surface area contributed by atoms with Crippen LogP contribution in [0.1, 0.15) is 6.42 Å². The fourth-order valence-electron chi connectivity index (χ4n) is 1.15. The summed E-state index contributed by atoms with van der Waals surface area (Å²) in [4.78, 5) is 10.7. The van der Waals surface area contributed by atoms with Gasteiger partial charge in [-0.3, -0.25) is 0 Å². The Kier molecular flexibility index (Phi) is 3.02. The highest BCUT2D eigenvalue weighted by Crippen LogP contribution is 2.25. The monoisotopic (exact) mass is 194 g/mol. The minimum absolute atomic E-state index is 0.139. The van der Waals surface area contributed by atoms with Crippen LogP contribution in [-0.4, -0.2) is 38.3 Å². The third kappa shape index (κ3) is 2.51. The number of amides is 1. The molecule has 0 aromatic rings. The number of rotatable bonds is 1. The lowest BCUT2D eigenvalue weighted by Gasteiger charge is -2.30. The lowest BCUT2D eigenvalue weighted by molar-refractivity contribution is -0.122. The van der Waals surface area contributed by atoms with Crippen LogP contribution in [0.15, 0.2) is 0 Å². The SMILES string of the molecule is CNC(=O)OC1CCNCC1(F)F. The van der Waals surface area contributed by atoms with Crippen molar-refractivity contribution in [1.82, 2.24) is 10.6 Å². The molecule has 1 aliphatic heterocycles. The number of hydrogen-bond donors (Lipinski definition) is 2. The Morgan fingerprint density at radius 1 is 1.69 bits per heavy atom. The molecule has 0 aromatic carbocycles. The maximum absolute atomic E-state index is 13.0. The molecule has 0 radical (unpaired) electrons. The van der Waals surface area contributed by atoms with E-state index in [9.17, 15) is 13.6 Å². The summed E-state index contributed by atoms with van der Waals surface area (Å²) in [6.07, 6.45) is -1.99. The van der Waals surface area contributed by atoms with E-state index in [1.54, 1.807) is 0 Å². The highest BCUT2D eigenvalue weighted by molar-refractivity contribution is 5.66. The van der Waals surface area contributed by atoms with E-state index in [4.69, 9.17) is 0 Å². The molecule has 1 fully saturated rings. The minimum Gasteiger partial charge on any atom is -0.440 e. The normalized spacial score (nSPS) is 26.5. The molecule has 0 saturated carbocycles. The van der Waals surface area contributed by atoms with Crippen molar-refractivity contribution < 1.29 is 18.3 Å². The Bertz CT molecular complexity index is 199. The molecule has 1 aliphatic rings. The average molecular weight is 194 g/mol. The Balaban J connectivity index is 2.51. The average Bonchev–Trinajstić information content (AvgIpc) is 2.08. The molecule has 0 spiro atoms. The van der Waals surface area contributed by atoms with Gasteiger partial charge in [0.05, 0.1) is 6.54 Å². The molecule has 76 valence electrons. The van der Waals surface area contributed by atoms with Crippen LogP contribution in [-0.2, 0) is 4.74 Å². The first kappa shape index (κ1) is 10.2. The van der Waals surface area contributed by atoms with Crippen LogP contribution in [0.5, 0.6) is 0 Å². The molecule has 1 heterocycles. The predicted octanol–water partition coefficient (Wildman–Crippen LogP) is 0.340. The number of alkyl carbamates (subject to hydrolysis) is 1. The highest BCUT2D eigenvalue weighted by Gasteiger charge is 2.44. The quantitative estimate of drug-likeness (QED) is 0.632. The second-order valence-corrected chi connectivity index (χ2v) is 2.87. The van der Waals surface area contributed by atoms with E-state index in [1.165, 1.54) is 7.05 Å². The van der Waals surface area contributed by atoms with Gasteiger partial charge in [0.1, 0.15) is 0 Å². The number of nitrogens with one attached hydrogen (secondary N) is 2. The van der Waals surface area contributed by atoms with Crippen LogP contribution < -0.4 is 10.6 Å². The first-order valence-corrected chi connectivity index (χ1v) is 4.03. The first-order chi connectivity index (χ1) is 6.06.